The van der Waals surface area contributed by atoms with Crippen LogP contribution in [-0.2, 0) is 11.3 Å². The fourth-order valence-electron chi connectivity index (χ4n) is 2.40. The molecule has 0 aromatic carbocycles. The van der Waals surface area contributed by atoms with Gasteiger partial charge in [0.1, 0.15) is 0 Å². The maximum Gasteiger partial charge on any atom is 0.240 e. The van der Waals surface area contributed by atoms with E-state index in [0.717, 1.165) is 25.7 Å². The summed E-state index contributed by atoms with van der Waals surface area (Å²) < 4.78 is 4.59. The van der Waals surface area contributed by atoms with Gasteiger partial charge in [-0.3, -0.25) is 4.79 Å². The third kappa shape index (κ3) is 2.82. The van der Waals surface area contributed by atoms with Crippen molar-refractivity contribution in [2.24, 2.45) is 11.7 Å². The van der Waals surface area contributed by atoms with Crippen molar-refractivity contribution in [2.45, 2.75) is 44.7 Å². The molecule has 1 aliphatic rings. The summed E-state index contributed by atoms with van der Waals surface area (Å²) in [6.07, 6.45) is 4.88. The van der Waals surface area contributed by atoms with Crippen LogP contribution in [0.5, 0.6) is 0 Å². The fraction of sp³-hybridized carbons (Fsp3) is 0.727. The highest BCUT2D eigenvalue weighted by Crippen LogP contribution is 2.30. The monoisotopic (exact) mass is 238 g/mol. The molecule has 0 spiro atoms. The van der Waals surface area contributed by atoms with Gasteiger partial charge in [0, 0.05) is 0 Å². The van der Waals surface area contributed by atoms with E-state index in [1.807, 2.05) is 0 Å². The molecule has 1 aromatic rings. The van der Waals surface area contributed by atoms with Crippen LogP contribution >= 0.6 is 0 Å². The van der Waals surface area contributed by atoms with Gasteiger partial charge in [-0.25, -0.2) is 0 Å². The largest absolute Gasteiger partial charge is 0.347 e. The Morgan fingerprint density at radius 3 is 3.24 bits per heavy atom. The molecule has 2 atom stereocenters. The Morgan fingerprint density at radius 2 is 2.59 bits per heavy atom. The summed E-state index contributed by atoms with van der Waals surface area (Å²) in [6, 6.07) is 0. The maximum atomic E-state index is 12.0. The molecule has 0 saturated heterocycles. The molecule has 0 aliphatic heterocycles. The lowest BCUT2D eigenvalue weighted by Crippen LogP contribution is -2.56. The molecule has 94 valence electrons. The Kier molecular flexibility index (Phi) is 3.42. The number of hydrogen-bond acceptors (Lipinski definition) is 5. The number of carbonyl (C=O) groups excluding carboxylic acids is 1. The predicted octanol–water partition coefficient (Wildman–Crippen LogP) is 0.593. The molecule has 0 radical (unpaired) electrons. The first kappa shape index (κ1) is 12.0. The summed E-state index contributed by atoms with van der Waals surface area (Å²) in [5, 5.41) is 6.40. The molecule has 6 nitrogen and oxygen atoms in total. The number of hydrogen-bond donors (Lipinski definition) is 2. The zero-order valence-electron chi connectivity index (χ0n) is 9.98. The van der Waals surface area contributed by atoms with Crippen molar-refractivity contribution >= 4 is 5.91 Å². The third-order valence-corrected chi connectivity index (χ3v) is 3.30. The average Bonchev–Trinajstić information content (AvgIpc) is 2.78. The smallest absolute Gasteiger partial charge is 0.240 e. The van der Waals surface area contributed by atoms with Gasteiger partial charge in [0.2, 0.25) is 12.3 Å². The average molecular weight is 238 g/mol. The Balaban J connectivity index is 1.90. The lowest BCUT2D eigenvalue weighted by atomic mass is 9.76. The Labute approximate surface area is 99.9 Å². The molecule has 3 N–H and O–H groups in total. The first-order chi connectivity index (χ1) is 8.10. The van der Waals surface area contributed by atoms with Gasteiger partial charge in [-0.05, 0) is 18.8 Å². The van der Waals surface area contributed by atoms with E-state index in [1.54, 1.807) is 0 Å². The summed E-state index contributed by atoms with van der Waals surface area (Å²) in [7, 11) is 0. The molecule has 1 amide bonds. The van der Waals surface area contributed by atoms with E-state index in [0.29, 0.717) is 11.7 Å². The van der Waals surface area contributed by atoms with Crippen LogP contribution in [0.15, 0.2) is 10.9 Å². The van der Waals surface area contributed by atoms with Crippen molar-refractivity contribution in [2.75, 3.05) is 0 Å². The Hall–Kier alpha value is -1.43. The SMILES string of the molecule is CC1CCCC(N)(C(=O)NCc2ncon2)C1. The second-order valence-electron chi connectivity index (χ2n) is 4.89. The number of carbonyl (C=O) groups is 1. The van der Waals surface area contributed by atoms with Crippen molar-refractivity contribution in [3.05, 3.63) is 12.2 Å². The van der Waals surface area contributed by atoms with Crippen LogP contribution in [-0.4, -0.2) is 21.6 Å². The molecule has 1 aromatic heterocycles. The van der Waals surface area contributed by atoms with Gasteiger partial charge >= 0.3 is 0 Å². The van der Waals surface area contributed by atoms with Crippen molar-refractivity contribution in [3.63, 3.8) is 0 Å². The van der Waals surface area contributed by atoms with E-state index < -0.39 is 5.54 Å². The van der Waals surface area contributed by atoms with E-state index in [2.05, 4.69) is 26.9 Å². The number of nitrogens with one attached hydrogen (secondary N) is 1. The summed E-state index contributed by atoms with van der Waals surface area (Å²) in [5.74, 6) is 0.851. The number of amides is 1. The minimum atomic E-state index is -0.735. The van der Waals surface area contributed by atoms with Gasteiger partial charge < -0.3 is 15.6 Å². The van der Waals surface area contributed by atoms with Crippen LogP contribution in [0, 0.1) is 5.92 Å². The zero-order chi connectivity index (χ0) is 12.3. The normalized spacial score (nSPS) is 28.9. The third-order valence-electron chi connectivity index (χ3n) is 3.30. The summed E-state index contributed by atoms with van der Waals surface area (Å²) >= 11 is 0. The van der Waals surface area contributed by atoms with Crippen molar-refractivity contribution in [1.29, 1.82) is 0 Å². The number of nitrogens with zero attached hydrogens (tertiary/aromatic N) is 2. The first-order valence-electron chi connectivity index (χ1n) is 5.92. The molecular weight excluding hydrogens is 220 g/mol. The topological polar surface area (TPSA) is 94.0 Å². The highest BCUT2D eigenvalue weighted by molar-refractivity contribution is 5.86. The first-order valence-corrected chi connectivity index (χ1v) is 5.92. The summed E-state index contributed by atoms with van der Waals surface area (Å²) in [6.45, 7) is 2.40. The van der Waals surface area contributed by atoms with E-state index in [9.17, 15) is 4.79 Å². The minimum Gasteiger partial charge on any atom is -0.347 e. The number of rotatable bonds is 3. The second-order valence-corrected chi connectivity index (χ2v) is 4.89. The van der Waals surface area contributed by atoms with Crippen LogP contribution in [0.3, 0.4) is 0 Å². The summed E-state index contributed by atoms with van der Waals surface area (Å²) in [5.41, 5.74) is 5.42. The maximum absolute atomic E-state index is 12.0. The van der Waals surface area contributed by atoms with Gasteiger partial charge in [-0.2, -0.15) is 4.98 Å². The molecule has 17 heavy (non-hydrogen) atoms. The number of nitrogens with two attached hydrogens (primary N) is 1. The fourth-order valence-corrected chi connectivity index (χ4v) is 2.40. The highest BCUT2D eigenvalue weighted by atomic mass is 16.5. The molecule has 6 heteroatoms. The van der Waals surface area contributed by atoms with Crippen LogP contribution in [0.25, 0.3) is 0 Å². The lowest BCUT2D eigenvalue weighted by molar-refractivity contribution is -0.128. The van der Waals surface area contributed by atoms with E-state index in [1.165, 1.54) is 6.39 Å². The van der Waals surface area contributed by atoms with E-state index in [-0.39, 0.29) is 12.5 Å². The van der Waals surface area contributed by atoms with Crippen LogP contribution < -0.4 is 11.1 Å². The molecule has 0 bridgehead atoms. The van der Waals surface area contributed by atoms with Crippen LogP contribution in [0.2, 0.25) is 0 Å². The molecule has 1 fully saturated rings. The van der Waals surface area contributed by atoms with Crippen molar-refractivity contribution in [1.82, 2.24) is 15.5 Å². The summed E-state index contributed by atoms with van der Waals surface area (Å²) in [4.78, 5) is 15.9. The minimum absolute atomic E-state index is 0.117. The van der Waals surface area contributed by atoms with Gasteiger partial charge in [0.15, 0.2) is 5.82 Å². The van der Waals surface area contributed by atoms with Crippen molar-refractivity contribution < 1.29 is 9.32 Å². The van der Waals surface area contributed by atoms with Crippen molar-refractivity contribution in [3.8, 4) is 0 Å². The lowest BCUT2D eigenvalue weighted by Gasteiger charge is -2.35. The van der Waals surface area contributed by atoms with Crippen LogP contribution in [0.4, 0.5) is 0 Å². The molecule has 2 rings (SSSR count). The molecule has 1 heterocycles. The van der Waals surface area contributed by atoms with Gasteiger partial charge in [0.25, 0.3) is 0 Å². The predicted molar refractivity (Wildman–Crippen MR) is 60.7 cm³/mol. The Morgan fingerprint density at radius 1 is 1.76 bits per heavy atom. The molecule has 1 aliphatic carbocycles. The molecule has 2 unspecified atom stereocenters. The Bertz CT molecular complexity index is 379. The quantitative estimate of drug-likeness (QED) is 0.803. The highest BCUT2D eigenvalue weighted by Gasteiger charge is 2.37. The van der Waals surface area contributed by atoms with E-state index in [4.69, 9.17) is 5.73 Å². The van der Waals surface area contributed by atoms with E-state index >= 15 is 0 Å². The van der Waals surface area contributed by atoms with Crippen LogP contribution in [0.1, 0.15) is 38.4 Å². The van der Waals surface area contributed by atoms with Gasteiger partial charge in [-0.1, -0.05) is 24.9 Å². The van der Waals surface area contributed by atoms with Gasteiger partial charge in [0.05, 0.1) is 12.1 Å². The standard InChI is InChI=1S/C11H18N4O2/c1-8-3-2-4-11(12,5-8)10(16)13-6-9-14-7-17-15-9/h7-8H,2-6,12H2,1H3,(H,13,16). The second kappa shape index (κ2) is 4.83. The molecule has 1 saturated carbocycles. The zero-order valence-corrected chi connectivity index (χ0v) is 9.98. The molecular formula is C11H18N4O2. The number of aromatic nitrogens is 2. The van der Waals surface area contributed by atoms with Gasteiger partial charge in [-0.15, -0.1) is 0 Å².